The first-order valence-corrected chi connectivity index (χ1v) is 10.0. The molecule has 2 aromatic rings. The predicted molar refractivity (Wildman–Crippen MR) is 107 cm³/mol. The lowest BCUT2D eigenvalue weighted by atomic mass is 10.1. The Labute approximate surface area is 167 Å². The van der Waals surface area contributed by atoms with Gasteiger partial charge >= 0.3 is 5.97 Å². The molecule has 8 heteroatoms. The Kier molecular flexibility index (Phi) is 6.78. The number of esters is 1. The van der Waals surface area contributed by atoms with E-state index in [1.165, 1.54) is 18.4 Å². The summed E-state index contributed by atoms with van der Waals surface area (Å²) in [4.78, 5) is 40.1. The lowest BCUT2D eigenvalue weighted by Crippen LogP contribution is -2.50. The molecular weight excluding hydrogens is 378 g/mol. The first kappa shape index (κ1) is 20.0. The minimum absolute atomic E-state index is 0.0400. The van der Waals surface area contributed by atoms with Gasteiger partial charge in [-0.25, -0.2) is 4.79 Å². The van der Waals surface area contributed by atoms with Crippen molar-refractivity contribution in [2.24, 2.45) is 0 Å². The van der Waals surface area contributed by atoms with Crippen LogP contribution in [0.2, 0.25) is 0 Å². The van der Waals surface area contributed by atoms with Crippen LogP contribution in [0.15, 0.2) is 41.1 Å². The molecule has 148 valence electrons. The van der Waals surface area contributed by atoms with Gasteiger partial charge in [0, 0.05) is 55.8 Å². The minimum atomic E-state index is -0.418. The summed E-state index contributed by atoms with van der Waals surface area (Å²) in [6.07, 6.45) is 0. The van der Waals surface area contributed by atoms with Gasteiger partial charge in [0.15, 0.2) is 0 Å². The number of amides is 2. The highest BCUT2D eigenvalue weighted by Gasteiger charge is 2.22. The SMILES string of the molecule is COC(=O)c1ccc(C(=O)N2CCN(CCNC(=O)c3ccsc3)CC2)cc1. The van der Waals surface area contributed by atoms with E-state index < -0.39 is 5.97 Å². The van der Waals surface area contributed by atoms with Gasteiger partial charge in [-0.3, -0.25) is 14.5 Å². The molecular formula is C20H23N3O4S. The van der Waals surface area contributed by atoms with Crippen molar-refractivity contribution in [2.75, 3.05) is 46.4 Å². The van der Waals surface area contributed by atoms with Crippen LogP contribution in [0.5, 0.6) is 0 Å². The molecule has 3 rings (SSSR count). The van der Waals surface area contributed by atoms with Crippen molar-refractivity contribution in [1.82, 2.24) is 15.1 Å². The molecule has 2 heterocycles. The van der Waals surface area contributed by atoms with E-state index in [9.17, 15) is 14.4 Å². The van der Waals surface area contributed by atoms with Crippen molar-refractivity contribution >= 4 is 29.1 Å². The third kappa shape index (κ3) is 4.96. The van der Waals surface area contributed by atoms with Gasteiger partial charge in [-0.2, -0.15) is 11.3 Å². The number of ether oxygens (including phenoxy) is 1. The van der Waals surface area contributed by atoms with Crippen LogP contribution < -0.4 is 5.32 Å². The molecule has 1 saturated heterocycles. The van der Waals surface area contributed by atoms with Crippen molar-refractivity contribution in [3.8, 4) is 0 Å². The highest BCUT2D eigenvalue weighted by atomic mass is 32.1. The van der Waals surface area contributed by atoms with Crippen LogP contribution in [0.4, 0.5) is 0 Å². The number of methoxy groups -OCH3 is 1. The number of nitrogens with zero attached hydrogens (tertiary/aromatic N) is 2. The highest BCUT2D eigenvalue weighted by molar-refractivity contribution is 7.08. The summed E-state index contributed by atoms with van der Waals surface area (Å²) in [6, 6.07) is 8.32. The number of piperazine rings is 1. The summed E-state index contributed by atoms with van der Waals surface area (Å²) in [7, 11) is 1.33. The largest absolute Gasteiger partial charge is 0.465 e. The van der Waals surface area contributed by atoms with Gasteiger partial charge in [0.2, 0.25) is 0 Å². The molecule has 1 aliphatic heterocycles. The Hall–Kier alpha value is -2.71. The fourth-order valence-corrected chi connectivity index (χ4v) is 3.68. The van der Waals surface area contributed by atoms with E-state index in [4.69, 9.17) is 0 Å². The zero-order chi connectivity index (χ0) is 19.9. The lowest BCUT2D eigenvalue weighted by molar-refractivity contribution is 0.0596. The first-order chi connectivity index (χ1) is 13.6. The van der Waals surface area contributed by atoms with Crippen molar-refractivity contribution < 1.29 is 19.1 Å². The van der Waals surface area contributed by atoms with E-state index in [-0.39, 0.29) is 11.8 Å². The summed E-state index contributed by atoms with van der Waals surface area (Å²) in [5, 5.41) is 6.63. The van der Waals surface area contributed by atoms with Gasteiger partial charge in [-0.1, -0.05) is 0 Å². The standard InChI is InChI=1S/C20H23N3O4S/c1-27-20(26)16-4-2-15(3-5-16)19(25)23-11-9-22(10-12-23)8-7-21-18(24)17-6-13-28-14-17/h2-6,13-14H,7-12H2,1H3,(H,21,24). The number of hydrogen-bond donors (Lipinski definition) is 1. The molecule has 0 unspecified atom stereocenters. The summed E-state index contributed by atoms with van der Waals surface area (Å²) in [6.45, 7) is 4.14. The highest BCUT2D eigenvalue weighted by Crippen LogP contribution is 2.11. The van der Waals surface area contributed by atoms with Gasteiger partial charge in [0.05, 0.1) is 12.7 Å². The fraction of sp³-hybridized carbons (Fsp3) is 0.350. The Morgan fingerprint density at radius 1 is 1.00 bits per heavy atom. The maximum atomic E-state index is 12.6. The molecule has 1 N–H and O–H groups in total. The Balaban J connectivity index is 1.42. The molecule has 0 radical (unpaired) electrons. The number of carbonyl (C=O) groups excluding carboxylic acids is 3. The summed E-state index contributed by atoms with van der Waals surface area (Å²) < 4.78 is 4.67. The molecule has 1 fully saturated rings. The number of nitrogens with one attached hydrogen (secondary N) is 1. The summed E-state index contributed by atoms with van der Waals surface area (Å²) in [5.74, 6) is -0.508. The Morgan fingerprint density at radius 2 is 1.68 bits per heavy atom. The van der Waals surface area contributed by atoms with Crippen molar-refractivity contribution in [3.05, 3.63) is 57.8 Å². The molecule has 0 aliphatic carbocycles. The molecule has 1 aliphatic rings. The average Bonchev–Trinajstić information content (AvgIpc) is 3.28. The van der Waals surface area contributed by atoms with Crippen LogP contribution in [0.1, 0.15) is 31.1 Å². The smallest absolute Gasteiger partial charge is 0.337 e. The molecule has 2 amide bonds. The average molecular weight is 401 g/mol. The van der Waals surface area contributed by atoms with Gasteiger partial charge in [0.1, 0.15) is 0 Å². The molecule has 0 saturated carbocycles. The number of benzene rings is 1. The molecule has 0 atom stereocenters. The monoisotopic (exact) mass is 401 g/mol. The number of thiophene rings is 1. The van der Waals surface area contributed by atoms with Crippen LogP contribution in [-0.2, 0) is 4.74 Å². The summed E-state index contributed by atoms with van der Waals surface area (Å²) in [5.41, 5.74) is 1.68. The van der Waals surface area contributed by atoms with Gasteiger partial charge < -0.3 is 15.0 Å². The first-order valence-electron chi connectivity index (χ1n) is 9.09. The zero-order valence-electron chi connectivity index (χ0n) is 15.7. The van der Waals surface area contributed by atoms with E-state index >= 15 is 0 Å². The molecule has 28 heavy (non-hydrogen) atoms. The lowest BCUT2D eigenvalue weighted by Gasteiger charge is -2.34. The second-order valence-electron chi connectivity index (χ2n) is 6.47. The molecule has 1 aromatic heterocycles. The topological polar surface area (TPSA) is 79.0 Å². The molecule has 1 aromatic carbocycles. The van der Waals surface area contributed by atoms with E-state index in [0.717, 1.165) is 19.6 Å². The molecule has 0 bridgehead atoms. The van der Waals surface area contributed by atoms with Crippen LogP contribution in [0.25, 0.3) is 0 Å². The number of rotatable bonds is 6. The van der Waals surface area contributed by atoms with Crippen LogP contribution in [0.3, 0.4) is 0 Å². The van der Waals surface area contributed by atoms with Gasteiger partial charge in [-0.15, -0.1) is 0 Å². The van der Waals surface area contributed by atoms with Gasteiger partial charge in [0.25, 0.3) is 11.8 Å². The quantitative estimate of drug-likeness (QED) is 0.746. The van der Waals surface area contributed by atoms with Crippen LogP contribution >= 0.6 is 11.3 Å². The summed E-state index contributed by atoms with van der Waals surface area (Å²) >= 11 is 1.50. The normalized spacial score (nSPS) is 14.5. The second kappa shape index (κ2) is 9.48. The van der Waals surface area contributed by atoms with Gasteiger partial charge in [-0.05, 0) is 35.7 Å². The molecule has 7 nitrogen and oxygen atoms in total. The zero-order valence-corrected chi connectivity index (χ0v) is 16.5. The number of carbonyl (C=O) groups is 3. The van der Waals surface area contributed by atoms with E-state index in [1.807, 2.05) is 21.7 Å². The number of hydrogen-bond acceptors (Lipinski definition) is 6. The van der Waals surface area contributed by atoms with E-state index in [1.54, 1.807) is 24.3 Å². The fourth-order valence-electron chi connectivity index (χ4n) is 3.05. The third-order valence-corrected chi connectivity index (χ3v) is 5.39. The van der Waals surface area contributed by atoms with E-state index in [2.05, 4.69) is 15.0 Å². The third-order valence-electron chi connectivity index (χ3n) is 4.71. The molecule has 0 spiro atoms. The van der Waals surface area contributed by atoms with Crippen molar-refractivity contribution in [3.63, 3.8) is 0 Å². The Morgan fingerprint density at radius 3 is 2.29 bits per heavy atom. The van der Waals surface area contributed by atoms with Crippen molar-refractivity contribution in [2.45, 2.75) is 0 Å². The second-order valence-corrected chi connectivity index (χ2v) is 7.25. The maximum Gasteiger partial charge on any atom is 0.337 e. The minimum Gasteiger partial charge on any atom is -0.465 e. The Bertz CT molecular complexity index is 812. The van der Waals surface area contributed by atoms with Crippen molar-refractivity contribution in [1.29, 1.82) is 0 Å². The maximum absolute atomic E-state index is 12.6. The predicted octanol–water partition coefficient (Wildman–Crippen LogP) is 1.72. The van der Waals surface area contributed by atoms with Crippen LogP contribution in [0, 0.1) is 0 Å². The van der Waals surface area contributed by atoms with E-state index in [0.29, 0.717) is 36.3 Å². The van der Waals surface area contributed by atoms with Crippen LogP contribution in [-0.4, -0.2) is 74.0 Å².